The number of anilines is 1. The molecule has 1 aliphatic rings. The number of benzene rings is 3. The molecule has 0 spiro atoms. The summed E-state index contributed by atoms with van der Waals surface area (Å²) in [6.45, 7) is 4.33. The molecule has 0 aliphatic carbocycles. The second-order valence-electron chi connectivity index (χ2n) is 9.62. The molecular formula is C30H34ClN3O6S. The van der Waals surface area contributed by atoms with Crippen LogP contribution in [0.15, 0.2) is 77.7 Å². The number of carbonyl (C=O) groups excluding carboxylic acids is 2. The monoisotopic (exact) mass is 599 g/mol. The van der Waals surface area contributed by atoms with Crippen LogP contribution in [0.4, 0.5) is 5.69 Å². The van der Waals surface area contributed by atoms with Gasteiger partial charge in [0.05, 0.1) is 10.6 Å². The molecule has 0 saturated heterocycles. The molecule has 11 heteroatoms. The van der Waals surface area contributed by atoms with Crippen LogP contribution in [0.3, 0.4) is 0 Å². The van der Waals surface area contributed by atoms with Crippen molar-refractivity contribution in [3.8, 4) is 11.5 Å². The van der Waals surface area contributed by atoms with Gasteiger partial charge in [0.15, 0.2) is 11.5 Å². The van der Waals surface area contributed by atoms with Gasteiger partial charge in [-0.1, -0.05) is 55.3 Å². The Labute approximate surface area is 246 Å². The van der Waals surface area contributed by atoms with Gasteiger partial charge >= 0.3 is 0 Å². The number of carbonyl (C=O) groups is 2. The number of ether oxygens (including phenoxy) is 2. The highest BCUT2D eigenvalue weighted by atomic mass is 35.5. The summed E-state index contributed by atoms with van der Waals surface area (Å²) in [6.07, 6.45) is 1.70. The zero-order valence-electron chi connectivity index (χ0n) is 23.1. The molecule has 0 bridgehead atoms. The first-order valence-corrected chi connectivity index (χ1v) is 15.3. The van der Waals surface area contributed by atoms with Crippen molar-refractivity contribution >= 4 is 39.1 Å². The normalized spacial score (nSPS) is 13.2. The molecule has 3 aromatic carbocycles. The van der Waals surface area contributed by atoms with Gasteiger partial charge in [-0.25, -0.2) is 8.42 Å². The van der Waals surface area contributed by atoms with Crippen LogP contribution >= 0.6 is 11.6 Å². The summed E-state index contributed by atoms with van der Waals surface area (Å²) in [7, 11) is -4.18. The van der Waals surface area contributed by atoms with Crippen LogP contribution in [0.25, 0.3) is 0 Å². The lowest BCUT2D eigenvalue weighted by Gasteiger charge is -2.32. The molecular weight excluding hydrogens is 566 g/mol. The molecule has 2 amide bonds. The summed E-state index contributed by atoms with van der Waals surface area (Å²) in [6, 6.07) is 18.7. The number of amides is 2. The highest BCUT2D eigenvalue weighted by Gasteiger charge is 2.33. The zero-order valence-corrected chi connectivity index (χ0v) is 24.7. The van der Waals surface area contributed by atoms with E-state index in [1.807, 2.05) is 6.92 Å². The van der Waals surface area contributed by atoms with Crippen LogP contribution in [0.2, 0.25) is 5.02 Å². The Balaban J connectivity index is 1.71. The maximum atomic E-state index is 14.0. The first-order valence-electron chi connectivity index (χ1n) is 13.5. The molecule has 41 heavy (non-hydrogen) atoms. The Morgan fingerprint density at radius 1 is 0.976 bits per heavy atom. The zero-order chi connectivity index (χ0) is 29.4. The van der Waals surface area contributed by atoms with Gasteiger partial charge in [0.1, 0.15) is 25.8 Å². The second-order valence-corrected chi connectivity index (χ2v) is 11.9. The summed E-state index contributed by atoms with van der Waals surface area (Å²) >= 11 is 6.19. The van der Waals surface area contributed by atoms with Crippen LogP contribution in [0.1, 0.15) is 32.3 Å². The van der Waals surface area contributed by atoms with E-state index in [4.69, 9.17) is 21.1 Å². The minimum atomic E-state index is -4.18. The van der Waals surface area contributed by atoms with Gasteiger partial charge in [-0.15, -0.1) is 0 Å². The van der Waals surface area contributed by atoms with Gasteiger partial charge in [-0.2, -0.15) is 0 Å². The molecule has 0 radical (unpaired) electrons. The van der Waals surface area contributed by atoms with E-state index in [2.05, 4.69) is 5.32 Å². The van der Waals surface area contributed by atoms with E-state index >= 15 is 0 Å². The van der Waals surface area contributed by atoms with Crippen LogP contribution < -0.4 is 19.1 Å². The molecule has 1 atom stereocenters. The smallest absolute Gasteiger partial charge is 0.264 e. The first kappa shape index (κ1) is 30.2. The summed E-state index contributed by atoms with van der Waals surface area (Å²) in [5, 5.41) is 3.36. The number of unbranched alkanes of at least 4 members (excludes halogenated alkanes) is 1. The fourth-order valence-electron chi connectivity index (χ4n) is 4.39. The average molecular weight is 600 g/mol. The van der Waals surface area contributed by atoms with E-state index in [1.165, 1.54) is 17.0 Å². The molecule has 0 saturated carbocycles. The van der Waals surface area contributed by atoms with Crippen LogP contribution in [0, 0.1) is 0 Å². The number of hydrogen-bond donors (Lipinski definition) is 1. The molecule has 218 valence electrons. The van der Waals surface area contributed by atoms with Crippen molar-refractivity contribution < 1.29 is 27.5 Å². The Morgan fingerprint density at radius 2 is 1.71 bits per heavy atom. The predicted octanol–water partition coefficient (Wildman–Crippen LogP) is 4.64. The Kier molecular flexibility index (Phi) is 10.1. The van der Waals surface area contributed by atoms with E-state index in [0.717, 1.165) is 17.1 Å². The fraction of sp³-hybridized carbons (Fsp3) is 0.333. The fourth-order valence-corrected chi connectivity index (χ4v) is 6.03. The van der Waals surface area contributed by atoms with Gasteiger partial charge in [-0.3, -0.25) is 13.9 Å². The molecule has 3 aromatic rings. The number of nitrogens with one attached hydrogen (secondary N) is 1. The number of halogens is 1. The van der Waals surface area contributed by atoms with Gasteiger partial charge in [0, 0.05) is 24.2 Å². The van der Waals surface area contributed by atoms with Gasteiger partial charge in [-0.05, 0) is 55.3 Å². The van der Waals surface area contributed by atoms with Crippen molar-refractivity contribution in [2.45, 2.75) is 44.2 Å². The maximum absolute atomic E-state index is 14.0. The topological polar surface area (TPSA) is 105 Å². The number of fused-ring (bicyclic) bond motifs is 1. The van der Waals surface area contributed by atoms with E-state index in [1.54, 1.807) is 67.6 Å². The molecule has 1 N–H and O–H groups in total. The molecule has 1 aliphatic heterocycles. The lowest BCUT2D eigenvalue weighted by molar-refractivity contribution is -0.139. The molecule has 4 rings (SSSR count). The highest BCUT2D eigenvalue weighted by Crippen LogP contribution is 2.36. The average Bonchev–Trinajstić information content (AvgIpc) is 2.98. The SMILES string of the molecule is CCCCNC(=O)[C@@H](C)N(Cc1cccc(Cl)c1)C(=O)CN(c1ccc2c(c1)OCCO2)S(=O)(=O)c1ccccc1. The number of nitrogens with zero attached hydrogens (tertiary/aromatic N) is 2. The minimum Gasteiger partial charge on any atom is -0.486 e. The summed E-state index contributed by atoms with van der Waals surface area (Å²) in [5.74, 6) is -0.0135. The molecule has 0 aromatic heterocycles. The van der Waals surface area contributed by atoms with Crippen molar-refractivity contribution in [3.05, 3.63) is 83.4 Å². The third-order valence-corrected chi connectivity index (χ3v) is 8.69. The lowest BCUT2D eigenvalue weighted by Crippen LogP contribution is -2.51. The number of rotatable bonds is 12. The Bertz CT molecular complexity index is 1470. The largest absolute Gasteiger partial charge is 0.486 e. The van der Waals surface area contributed by atoms with Gasteiger partial charge in [0.25, 0.3) is 10.0 Å². The minimum absolute atomic E-state index is 0.0226. The summed E-state index contributed by atoms with van der Waals surface area (Å²) in [5.41, 5.74) is 0.935. The van der Waals surface area contributed by atoms with Crippen molar-refractivity contribution in [1.29, 1.82) is 0 Å². The summed E-state index contributed by atoms with van der Waals surface area (Å²) in [4.78, 5) is 28.5. The van der Waals surface area contributed by atoms with Crippen molar-refractivity contribution in [2.75, 3.05) is 30.6 Å². The second kappa shape index (κ2) is 13.7. The predicted molar refractivity (Wildman–Crippen MR) is 158 cm³/mol. The molecule has 9 nitrogen and oxygen atoms in total. The van der Waals surface area contributed by atoms with Crippen LogP contribution in [0.5, 0.6) is 11.5 Å². The van der Waals surface area contributed by atoms with E-state index < -0.39 is 28.5 Å². The molecule has 0 fully saturated rings. The Hall–Kier alpha value is -3.76. The standard InChI is InChI=1S/C30H34ClN3O6S/c1-3-4-15-32-30(36)22(2)33(20-23-9-8-10-24(31)18-23)29(35)21-34(41(37,38)26-11-6-5-7-12-26)25-13-14-27-28(19-25)40-17-16-39-27/h5-14,18-19,22H,3-4,15-17,20-21H2,1-2H3,(H,32,36)/t22-/m1/s1. The lowest BCUT2D eigenvalue weighted by atomic mass is 10.1. The summed E-state index contributed by atoms with van der Waals surface area (Å²) < 4.78 is 40.2. The van der Waals surface area contributed by atoms with Crippen molar-refractivity contribution in [1.82, 2.24) is 10.2 Å². The third-order valence-electron chi connectivity index (χ3n) is 6.66. The van der Waals surface area contributed by atoms with Crippen molar-refractivity contribution in [2.24, 2.45) is 0 Å². The van der Waals surface area contributed by atoms with E-state index in [9.17, 15) is 18.0 Å². The van der Waals surface area contributed by atoms with E-state index in [-0.39, 0.29) is 23.0 Å². The van der Waals surface area contributed by atoms with Crippen LogP contribution in [-0.2, 0) is 26.2 Å². The molecule has 0 unspecified atom stereocenters. The third kappa shape index (κ3) is 7.51. The molecule has 1 heterocycles. The van der Waals surface area contributed by atoms with E-state index in [0.29, 0.717) is 41.8 Å². The van der Waals surface area contributed by atoms with Gasteiger partial charge in [0.2, 0.25) is 11.8 Å². The Morgan fingerprint density at radius 3 is 2.41 bits per heavy atom. The maximum Gasteiger partial charge on any atom is 0.264 e. The van der Waals surface area contributed by atoms with Crippen LogP contribution in [-0.4, -0.2) is 57.5 Å². The number of hydrogen-bond acceptors (Lipinski definition) is 6. The number of sulfonamides is 1. The first-order chi connectivity index (χ1) is 19.7. The van der Waals surface area contributed by atoms with Gasteiger partial charge < -0.3 is 19.7 Å². The van der Waals surface area contributed by atoms with Crippen molar-refractivity contribution in [3.63, 3.8) is 0 Å². The highest BCUT2D eigenvalue weighted by molar-refractivity contribution is 7.92. The quantitative estimate of drug-likeness (QED) is 0.304.